The zero-order valence-electron chi connectivity index (χ0n) is 13.0. The van der Waals surface area contributed by atoms with Gasteiger partial charge in [-0.1, -0.05) is 13.3 Å². The topological polar surface area (TPSA) is 32.5 Å². The highest BCUT2D eigenvalue weighted by molar-refractivity contribution is 5.00. The van der Waals surface area contributed by atoms with E-state index in [0.717, 1.165) is 17.7 Å². The minimum absolute atomic E-state index is 0.290. The van der Waals surface area contributed by atoms with E-state index in [1.165, 1.54) is 45.3 Å². The Hall–Kier alpha value is -0.870. The van der Waals surface area contributed by atoms with Gasteiger partial charge in [0.05, 0.1) is 12.2 Å². The fraction of sp³-hybridized carbons (Fsp3) is 0.812. The molecule has 4 nitrogen and oxygen atoms in total. The van der Waals surface area contributed by atoms with Crippen molar-refractivity contribution < 1.29 is 4.42 Å². The number of piperazine rings is 1. The molecule has 112 valence electrons. The Kier molecular flexibility index (Phi) is 4.13. The van der Waals surface area contributed by atoms with E-state index in [9.17, 15) is 0 Å². The zero-order valence-corrected chi connectivity index (χ0v) is 13.0. The summed E-state index contributed by atoms with van der Waals surface area (Å²) in [4.78, 5) is 9.77. The maximum absolute atomic E-state index is 5.76. The predicted octanol–water partition coefficient (Wildman–Crippen LogP) is 2.99. The van der Waals surface area contributed by atoms with Gasteiger partial charge in [-0.05, 0) is 39.7 Å². The monoisotopic (exact) mass is 277 g/mol. The van der Waals surface area contributed by atoms with Crippen LogP contribution in [0.4, 0.5) is 0 Å². The average Bonchev–Trinajstić information content (AvgIpc) is 2.91. The molecule has 1 aromatic heterocycles. The summed E-state index contributed by atoms with van der Waals surface area (Å²) >= 11 is 0. The van der Waals surface area contributed by atoms with Crippen molar-refractivity contribution in [3.63, 3.8) is 0 Å². The number of hydrogen-bond donors (Lipinski definition) is 0. The Balaban J connectivity index is 1.76. The standard InChI is InChI=1S/C16H27N3O/c1-4-14-10-18-8-6-5-7-15(18)11-19(14)13(3)16-17-9-12(2)20-16/h9,13-15H,4-8,10-11H2,1-3H3. The first-order chi connectivity index (χ1) is 9.69. The van der Waals surface area contributed by atoms with Gasteiger partial charge in [-0.15, -0.1) is 0 Å². The molecule has 0 spiro atoms. The van der Waals surface area contributed by atoms with Gasteiger partial charge in [-0.25, -0.2) is 4.98 Å². The van der Waals surface area contributed by atoms with Crippen molar-refractivity contribution >= 4 is 0 Å². The Labute approximate surface area is 122 Å². The van der Waals surface area contributed by atoms with E-state index in [-0.39, 0.29) is 6.04 Å². The molecule has 0 aliphatic carbocycles. The molecule has 0 N–H and O–H groups in total. The van der Waals surface area contributed by atoms with Crippen LogP contribution < -0.4 is 0 Å². The van der Waals surface area contributed by atoms with Gasteiger partial charge in [0.2, 0.25) is 5.89 Å². The van der Waals surface area contributed by atoms with Crippen LogP contribution in [0.5, 0.6) is 0 Å². The largest absolute Gasteiger partial charge is 0.444 e. The molecule has 2 aliphatic rings. The SMILES string of the molecule is CCC1CN2CCCCC2CN1C(C)c1ncc(C)o1. The lowest BCUT2D eigenvalue weighted by molar-refractivity contribution is -0.0177. The molecule has 2 fully saturated rings. The number of aromatic nitrogens is 1. The molecule has 2 aliphatic heterocycles. The van der Waals surface area contributed by atoms with E-state index in [1.54, 1.807) is 0 Å². The number of hydrogen-bond acceptors (Lipinski definition) is 4. The highest BCUT2D eigenvalue weighted by Crippen LogP contribution is 2.31. The van der Waals surface area contributed by atoms with E-state index < -0.39 is 0 Å². The van der Waals surface area contributed by atoms with E-state index in [4.69, 9.17) is 4.42 Å². The molecule has 3 atom stereocenters. The number of oxazole rings is 1. The third kappa shape index (κ3) is 2.63. The predicted molar refractivity (Wildman–Crippen MR) is 79.7 cm³/mol. The maximum Gasteiger partial charge on any atom is 0.211 e. The normalized spacial score (nSPS) is 30.1. The Bertz CT molecular complexity index is 445. The fourth-order valence-electron chi connectivity index (χ4n) is 3.82. The van der Waals surface area contributed by atoms with Crippen LogP contribution in [-0.4, -0.2) is 46.5 Å². The van der Waals surface area contributed by atoms with Crippen LogP contribution in [-0.2, 0) is 0 Å². The molecule has 3 rings (SSSR count). The molecular formula is C16H27N3O. The van der Waals surface area contributed by atoms with E-state index >= 15 is 0 Å². The molecule has 3 heterocycles. The first-order valence-corrected chi connectivity index (χ1v) is 8.11. The highest BCUT2D eigenvalue weighted by atomic mass is 16.4. The molecule has 0 radical (unpaired) electrons. The number of aryl methyl sites for hydroxylation is 1. The Morgan fingerprint density at radius 3 is 2.95 bits per heavy atom. The molecule has 0 bridgehead atoms. The number of piperidine rings is 1. The van der Waals surface area contributed by atoms with Gasteiger partial charge in [0.25, 0.3) is 0 Å². The lowest BCUT2D eigenvalue weighted by Gasteiger charge is -2.49. The lowest BCUT2D eigenvalue weighted by Crippen LogP contribution is -2.59. The molecule has 20 heavy (non-hydrogen) atoms. The van der Waals surface area contributed by atoms with Crippen molar-refractivity contribution in [2.24, 2.45) is 0 Å². The summed E-state index contributed by atoms with van der Waals surface area (Å²) in [6.07, 6.45) is 7.15. The summed E-state index contributed by atoms with van der Waals surface area (Å²) in [7, 11) is 0. The second-order valence-corrected chi connectivity index (χ2v) is 6.39. The Morgan fingerprint density at radius 1 is 1.40 bits per heavy atom. The molecule has 0 amide bonds. The zero-order chi connectivity index (χ0) is 14.1. The van der Waals surface area contributed by atoms with Crippen LogP contribution in [0.25, 0.3) is 0 Å². The van der Waals surface area contributed by atoms with Gasteiger partial charge < -0.3 is 4.42 Å². The van der Waals surface area contributed by atoms with Gasteiger partial charge in [-0.2, -0.15) is 0 Å². The summed E-state index contributed by atoms with van der Waals surface area (Å²) in [6, 6.07) is 1.66. The first kappa shape index (κ1) is 14.1. The summed E-state index contributed by atoms with van der Waals surface area (Å²) in [5, 5.41) is 0. The average molecular weight is 277 g/mol. The number of rotatable bonds is 3. The highest BCUT2D eigenvalue weighted by Gasteiger charge is 2.37. The minimum Gasteiger partial charge on any atom is -0.444 e. The summed E-state index contributed by atoms with van der Waals surface area (Å²) < 4.78 is 5.76. The van der Waals surface area contributed by atoms with Crippen LogP contribution in [0.15, 0.2) is 10.6 Å². The van der Waals surface area contributed by atoms with Gasteiger partial charge >= 0.3 is 0 Å². The van der Waals surface area contributed by atoms with Crippen LogP contribution in [0.3, 0.4) is 0 Å². The second-order valence-electron chi connectivity index (χ2n) is 6.39. The number of fused-ring (bicyclic) bond motifs is 1. The van der Waals surface area contributed by atoms with E-state index in [2.05, 4.69) is 28.6 Å². The molecule has 0 saturated carbocycles. The van der Waals surface area contributed by atoms with Gasteiger partial charge in [0, 0.05) is 25.2 Å². The van der Waals surface area contributed by atoms with Gasteiger partial charge in [-0.3, -0.25) is 9.80 Å². The summed E-state index contributed by atoms with van der Waals surface area (Å²) in [5.74, 6) is 1.79. The smallest absolute Gasteiger partial charge is 0.211 e. The summed E-state index contributed by atoms with van der Waals surface area (Å²) in [5.41, 5.74) is 0. The molecule has 1 aromatic rings. The van der Waals surface area contributed by atoms with Crippen LogP contribution in [0, 0.1) is 6.92 Å². The molecule has 4 heteroatoms. The van der Waals surface area contributed by atoms with Crippen LogP contribution >= 0.6 is 0 Å². The molecule has 3 unspecified atom stereocenters. The van der Waals surface area contributed by atoms with E-state index in [1.807, 2.05) is 13.1 Å². The van der Waals surface area contributed by atoms with Crippen molar-refractivity contribution in [1.82, 2.24) is 14.8 Å². The van der Waals surface area contributed by atoms with Crippen molar-refractivity contribution in [1.29, 1.82) is 0 Å². The third-order valence-electron chi connectivity index (χ3n) is 5.05. The summed E-state index contributed by atoms with van der Waals surface area (Å²) in [6.45, 7) is 10.2. The molecule has 2 saturated heterocycles. The fourth-order valence-corrected chi connectivity index (χ4v) is 3.82. The third-order valence-corrected chi connectivity index (χ3v) is 5.05. The first-order valence-electron chi connectivity index (χ1n) is 8.11. The van der Waals surface area contributed by atoms with Crippen molar-refractivity contribution in [2.75, 3.05) is 19.6 Å². The Morgan fingerprint density at radius 2 is 2.25 bits per heavy atom. The van der Waals surface area contributed by atoms with Crippen LogP contribution in [0.1, 0.15) is 57.2 Å². The van der Waals surface area contributed by atoms with Crippen LogP contribution in [0.2, 0.25) is 0 Å². The second kappa shape index (κ2) is 5.86. The maximum atomic E-state index is 5.76. The molecular weight excluding hydrogens is 250 g/mol. The quantitative estimate of drug-likeness (QED) is 0.850. The van der Waals surface area contributed by atoms with Gasteiger partial charge in [0.1, 0.15) is 5.76 Å². The van der Waals surface area contributed by atoms with E-state index in [0.29, 0.717) is 6.04 Å². The van der Waals surface area contributed by atoms with Crippen molar-refractivity contribution in [3.8, 4) is 0 Å². The van der Waals surface area contributed by atoms with Crippen molar-refractivity contribution in [3.05, 3.63) is 17.8 Å². The number of nitrogens with zero attached hydrogens (tertiary/aromatic N) is 3. The molecule has 0 aromatic carbocycles. The minimum atomic E-state index is 0.290. The lowest BCUT2D eigenvalue weighted by atomic mass is 9.94. The van der Waals surface area contributed by atoms with Crippen molar-refractivity contribution in [2.45, 2.75) is 64.6 Å². The van der Waals surface area contributed by atoms with Gasteiger partial charge in [0.15, 0.2) is 0 Å².